The molecule has 0 N–H and O–H groups in total. The van der Waals surface area contributed by atoms with Crippen LogP contribution in [0.25, 0.3) is 0 Å². The van der Waals surface area contributed by atoms with E-state index in [1.165, 1.54) is 30.5 Å². The third-order valence-electron chi connectivity index (χ3n) is 2.31. The standard InChI is InChI=1S/C12H10N2O5/c1-2-18-7-10-12(15)19-11(13-10)8-3-5-9(6-4-8)14(16)17/h3-7H,2H2,1H3/b10-7+. The van der Waals surface area contributed by atoms with Crippen LogP contribution in [0.5, 0.6) is 0 Å². The molecule has 0 unspecified atom stereocenters. The second kappa shape index (κ2) is 5.30. The van der Waals surface area contributed by atoms with Crippen molar-refractivity contribution in [1.82, 2.24) is 0 Å². The van der Waals surface area contributed by atoms with Gasteiger partial charge in [0.25, 0.3) is 5.69 Å². The molecule has 1 aromatic carbocycles. The summed E-state index contributed by atoms with van der Waals surface area (Å²) in [6.45, 7) is 2.19. The second-order valence-corrected chi connectivity index (χ2v) is 3.57. The van der Waals surface area contributed by atoms with Crippen LogP contribution in [0.4, 0.5) is 5.69 Å². The topological polar surface area (TPSA) is 91.0 Å². The minimum absolute atomic E-state index is 0.0428. The molecule has 0 radical (unpaired) electrons. The van der Waals surface area contributed by atoms with E-state index in [1.54, 1.807) is 6.92 Å². The second-order valence-electron chi connectivity index (χ2n) is 3.57. The van der Waals surface area contributed by atoms with E-state index < -0.39 is 10.9 Å². The summed E-state index contributed by atoms with van der Waals surface area (Å²) >= 11 is 0. The summed E-state index contributed by atoms with van der Waals surface area (Å²) in [5.74, 6) is -0.507. The molecule has 0 fully saturated rings. The number of esters is 1. The van der Waals surface area contributed by atoms with E-state index in [2.05, 4.69) is 4.99 Å². The first-order valence-electron chi connectivity index (χ1n) is 5.49. The highest BCUT2D eigenvalue weighted by molar-refractivity contribution is 6.11. The molecule has 1 aliphatic heterocycles. The predicted octanol–water partition coefficient (Wildman–Crippen LogP) is 1.78. The van der Waals surface area contributed by atoms with Gasteiger partial charge in [-0.2, -0.15) is 0 Å². The smallest absolute Gasteiger partial charge is 0.367 e. The summed E-state index contributed by atoms with van der Waals surface area (Å²) in [7, 11) is 0. The van der Waals surface area contributed by atoms with E-state index in [9.17, 15) is 14.9 Å². The molecule has 0 aliphatic carbocycles. The summed E-state index contributed by atoms with van der Waals surface area (Å²) in [5.41, 5.74) is 0.507. The van der Waals surface area contributed by atoms with Gasteiger partial charge >= 0.3 is 5.97 Å². The third kappa shape index (κ3) is 2.76. The molecule has 7 nitrogen and oxygen atoms in total. The van der Waals surface area contributed by atoms with Crippen molar-refractivity contribution in [2.75, 3.05) is 6.61 Å². The Morgan fingerprint density at radius 2 is 2.11 bits per heavy atom. The maximum absolute atomic E-state index is 11.4. The monoisotopic (exact) mass is 262 g/mol. The number of rotatable bonds is 4. The Morgan fingerprint density at radius 1 is 1.42 bits per heavy atom. The maximum Gasteiger partial charge on any atom is 0.367 e. The van der Waals surface area contributed by atoms with Gasteiger partial charge in [-0.3, -0.25) is 10.1 Å². The fraction of sp³-hybridized carbons (Fsp3) is 0.167. The molecular weight excluding hydrogens is 252 g/mol. The molecule has 2 rings (SSSR count). The quantitative estimate of drug-likeness (QED) is 0.271. The summed E-state index contributed by atoms with van der Waals surface area (Å²) < 4.78 is 9.91. The lowest BCUT2D eigenvalue weighted by Crippen LogP contribution is -2.05. The van der Waals surface area contributed by atoms with Gasteiger partial charge in [0.05, 0.1) is 11.5 Å². The minimum Gasteiger partial charge on any atom is -0.499 e. The summed E-state index contributed by atoms with van der Waals surface area (Å²) in [6, 6.07) is 5.56. The zero-order chi connectivity index (χ0) is 13.8. The van der Waals surface area contributed by atoms with Crippen molar-refractivity contribution in [2.24, 2.45) is 4.99 Å². The van der Waals surface area contributed by atoms with E-state index in [1.807, 2.05) is 0 Å². The van der Waals surface area contributed by atoms with Crippen LogP contribution in [0.3, 0.4) is 0 Å². The fourth-order valence-electron chi connectivity index (χ4n) is 1.40. The number of carbonyl (C=O) groups is 1. The van der Waals surface area contributed by atoms with Crippen LogP contribution in [0, 0.1) is 10.1 Å². The number of nitro benzene ring substituents is 1. The lowest BCUT2D eigenvalue weighted by Gasteiger charge is -1.98. The zero-order valence-corrected chi connectivity index (χ0v) is 10.0. The Labute approximate surface area is 108 Å². The molecule has 1 aromatic rings. The number of nitrogens with zero attached hydrogens (tertiary/aromatic N) is 2. The van der Waals surface area contributed by atoms with E-state index in [4.69, 9.17) is 9.47 Å². The number of non-ortho nitro benzene ring substituents is 1. The predicted molar refractivity (Wildman–Crippen MR) is 65.4 cm³/mol. The Hall–Kier alpha value is -2.70. The van der Waals surface area contributed by atoms with Gasteiger partial charge < -0.3 is 9.47 Å². The molecule has 98 valence electrons. The zero-order valence-electron chi connectivity index (χ0n) is 10.0. The van der Waals surface area contributed by atoms with Gasteiger partial charge in [-0.05, 0) is 19.1 Å². The van der Waals surface area contributed by atoms with E-state index in [0.717, 1.165) is 0 Å². The van der Waals surface area contributed by atoms with E-state index >= 15 is 0 Å². The average Bonchev–Trinajstić information content (AvgIpc) is 2.78. The van der Waals surface area contributed by atoms with E-state index in [0.29, 0.717) is 12.2 Å². The Kier molecular flexibility index (Phi) is 3.56. The summed E-state index contributed by atoms with van der Waals surface area (Å²) in [6.07, 6.45) is 1.22. The molecule has 1 heterocycles. The van der Waals surface area contributed by atoms with Crippen molar-refractivity contribution in [3.8, 4) is 0 Å². The third-order valence-corrected chi connectivity index (χ3v) is 2.31. The van der Waals surface area contributed by atoms with Crippen molar-refractivity contribution in [3.63, 3.8) is 0 Å². The number of benzene rings is 1. The Balaban J connectivity index is 2.23. The van der Waals surface area contributed by atoms with Crippen LogP contribution in [0.15, 0.2) is 41.2 Å². The van der Waals surface area contributed by atoms with Gasteiger partial charge in [-0.1, -0.05) is 0 Å². The van der Waals surface area contributed by atoms with Crippen molar-refractivity contribution in [1.29, 1.82) is 0 Å². The molecule has 0 saturated heterocycles. The highest BCUT2D eigenvalue weighted by atomic mass is 16.6. The lowest BCUT2D eigenvalue weighted by molar-refractivity contribution is -0.384. The average molecular weight is 262 g/mol. The first-order valence-corrected chi connectivity index (χ1v) is 5.49. The largest absolute Gasteiger partial charge is 0.499 e. The number of carbonyl (C=O) groups excluding carboxylic acids is 1. The SMILES string of the molecule is CCO/C=C1/N=C(c2ccc([N+](=O)[O-])cc2)OC1=O. The van der Waals surface area contributed by atoms with Gasteiger partial charge in [0.15, 0.2) is 5.70 Å². The Bertz CT molecular complexity index is 574. The number of hydrogen-bond donors (Lipinski definition) is 0. The molecule has 19 heavy (non-hydrogen) atoms. The van der Waals surface area contributed by atoms with Crippen LogP contribution < -0.4 is 0 Å². The normalized spacial score (nSPS) is 16.2. The van der Waals surface area contributed by atoms with Crippen LogP contribution in [-0.2, 0) is 14.3 Å². The molecule has 0 amide bonds. The maximum atomic E-state index is 11.4. The van der Waals surface area contributed by atoms with Crippen LogP contribution >= 0.6 is 0 Å². The molecular formula is C12H10N2O5. The molecule has 7 heteroatoms. The Morgan fingerprint density at radius 3 is 2.68 bits per heavy atom. The number of hydrogen-bond acceptors (Lipinski definition) is 6. The molecule has 0 spiro atoms. The molecule has 0 saturated carbocycles. The minimum atomic E-state index is -0.609. The first kappa shape index (κ1) is 12.7. The number of aliphatic imine (C=N–C) groups is 1. The number of ether oxygens (including phenoxy) is 2. The van der Waals surface area contributed by atoms with Crippen molar-refractivity contribution < 1.29 is 19.2 Å². The van der Waals surface area contributed by atoms with Crippen molar-refractivity contribution >= 4 is 17.6 Å². The lowest BCUT2D eigenvalue weighted by atomic mass is 10.2. The van der Waals surface area contributed by atoms with Crippen LogP contribution in [0.2, 0.25) is 0 Å². The van der Waals surface area contributed by atoms with Gasteiger partial charge in [0.1, 0.15) is 6.26 Å². The van der Waals surface area contributed by atoms with Gasteiger partial charge in [-0.15, -0.1) is 0 Å². The number of cyclic esters (lactones) is 1. The van der Waals surface area contributed by atoms with Crippen molar-refractivity contribution in [3.05, 3.63) is 51.9 Å². The fourth-order valence-corrected chi connectivity index (χ4v) is 1.40. The summed E-state index contributed by atoms with van der Waals surface area (Å²) in [4.78, 5) is 25.4. The highest BCUT2D eigenvalue weighted by Gasteiger charge is 2.24. The van der Waals surface area contributed by atoms with E-state index in [-0.39, 0.29) is 17.3 Å². The number of nitro groups is 1. The molecule has 0 atom stereocenters. The van der Waals surface area contributed by atoms with Gasteiger partial charge in [0, 0.05) is 17.7 Å². The van der Waals surface area contributed by atoms with Crippen LogP contribution in [-0.4, -0.2) is 23.4 Å². The summed E-state index contributed by atoms with van der Waals surface area (Å²) in [5, 5.41) is 10.5. The highest BCUT2D eigenvalue weighted by Crippen LogP contribution is 2.18. The van der Waals surface area contributed by atoms with Gasteiger partial charge in [0.2, 0.25) is 5.90 Å². The molecule has 0 bridgehead atoms. The van der Waals surface area contributed by atoms with Gasteiger partial charge in [-0.25, -0.2) is 9.79 Å². The van der Waals surface area contributed by atoms with Crippen LogP contribution in [0.1, 0.15) is 12.5 Å². The molecule has 0 aromatic heterocycles. The van der Waals surface area contributed by atoms with Crippen molar-refractivity contribution in [2.45, 2.75) is 6.92 Å². The first-order chi connectivity index (χ1) is 9.11. The molecule has 1 aliphatic rings.